The summed E-state index contributed by atoms with van der Waals surface area (Å²) in [7, 11) is 1.62. The zero-order chi connectivity index (χ0) is 12.3. The summed E-state index contributed by atoms with van der Waals surface area (Å²) in [4.78, 5) is 24.0. The van der Waals surface area contributed by atoms with E-state index in [0.717, 1.165) is 11.3 Å². The number of benzene rings is 1. The highest BCUT2D eigenvalue weighted by Gasteiger charge is 2.24. The number of rotatable bonds is 3. The Labute approximate surface area is 98.9 Å². The molecule has 0 aromatic heterocycles. The molecule has 5 nitrogen and oxygen atoms in total. The number of hydrogen-bond donors (Lipinski definition) is 0. The van der Waals surface area contributed by atoms with E-state index in [4.69, 9.17) is 4.74 Å². The van der Waals surface area contributed by atoms with Gasteiger partial charge in [-0.05, 0) is 17.7 Å². The second-order valence-electron chi connectivity index (χ2n) is 3.81. The molecular formula is C12H13NO4. The zero-order valence-corrected chi connectivity index (χ0v) is 9.51. The highest BCUT2D eigenvalue weighted by Crippen LogP contribution is 2.18. The summed E-state index contributed by atoms with van der Waals surface area (Å²) >= 11 is 0. The molecule has 0 saturated carbocycles. The third-order valence-electron chi connectivity index (χ3n) is 2.45. The Bertz CT molecular complexity index is 428. The number of carbonyl (C=O) groups is 2. The molecule has 1 aliphatic heterocycles. The van der Waals surface area contributed by atoms with Crippen LogP contribution in [0.25, 0.3) is 0 Å². The van der Waals surface area contributed by atoms with Crippen LogP contribution in [0.4, 0.5) is 5.69 Å². The summed E-state index contributed by atoms with van der Waals surface area (Å²) in [6, 6.07) is 7.55. The first kappa shape index (κ1) is 11.6. The van der Waals surface area contributed by atoms with Crippen molar-refractivity contribution < 1.29 is 19.1 Å². The summed E-state index contributed by atoms with van der Waals surface area (Å²) < 4.78 is 9.51. The predicted molar refractivity (Wildman–Crippen MR) is 60.5 cm³/mol. The van der Waals surface area contributed by atoms with E-state index in [1.165, 1.54) is 0 Å². The molecule has 0 spiro atoms. The van der Waals surface area contributed by atoms with E-state index in [2.05, 4.69) is 4.74 Å². The van der Waals surface area contributed by atoms with Gasteiger partial charge in [0.05, 0.1) is 6.61 Å². The molecule has 0 amide bonds. The summed E-state index contributed by atoms with van der Waals surface area (Å²) in [5, 5.41) is 0. The average Bonchev–Trinajstić information content (AvgIpc) is 2.28. The fourth-order valence-corrected chi connectivity index (χ4v) is 1.75. The Morgan fingerprint density at radius 1 is 1.29 bits per heavy atom. The van der Waals surface area contributed by atoms with Gasteiger partial charge in [0, 0.05) is 12.8 Å². The Morgan fingerprint density at radius 3 is 2.65 bits per heavy atom. The van der Waals surface area contributed by atoms with Crippen LogP contribution in [0.3, 0.4) is 0 Å². The molecule has 1 fully saturated rings. The van der Waals surface area contributed by atoms with Gasteiger partial charge in [-0.2, -0.15) is 0 Å². The molecule has 0 N–H and O–H groups in total. The maximum Gasteiger partial charge on any atom is 0.333 e. The van der Waals surface area contributed by atoms with Gasteiger partial charge in [0.1, 0.15) is 13.1 Å². The maximum absolute atomic E-state index is 11.2. The van der Waals surface area contributed by atoms with Crippen molar-refractivity contribution >= 4 is 17.6 Å². The summed E-state index contributed by atoms with van der Waals surface area (Å²) in [5.74, 6) is -1.03. The van der Waals surface area contributed by atoms with Crippen molar-refractivity contribution in [2.45, 2.75) is 6.61 Å². The minimum Gasteiger partial charge on any atom is -0.390 e. The van der Waals surface area contributed by atoms with Crippen molar-refractivity contribution in [2.75, 3.05) is 25.1 Å². The highest BCUT2D eigenvalue weighted by atomic mass is 16.6. The van der Waals surface area contributed by atoms with E-state index in [1.807, 2.05) is 24.3 Å². The smallest absolute Gasteiger partial charge is 0.333 e. The van der Waals surface area contributed by atoms with Gasteiger partial charge < -0.3 is 14.4 Å². The van der Waals surface area contributed by atoms with Gasteiger partial charge in [-0.3, -0.25) is 0 Å². The van der Waals surface area contributed by atoms with E-state index in [-0.39, 0.29) is 13.1 Å². The first-order valence-electron chi connectivity index (χ1n) is 5.25. The van der Waals surface area contributed by atoms with Crippen LogP contribution in [0.2, 0.25) is 0 Å². The SMILES string of the molecule is COCc1cccc(N2CC(=O)OC(=O)C2)c1. The van der Waals surface area contributed by atoms with Crippen LogP contribution in [-0.4, -0.2) is 32.1 Å². The van der Waals surface area contributed by atoms with Gasteiger partial charge in [-0.1, -0.05) is 12.1 Å². The molecule has 1 aliphatic rings. The molecule has 0 atom stereocenters. The molecule has 1 aromatic rings. The lowest BCUT2D eigenvalue weighted by molar-refractivity contribution is -0.160. The molecule has 1 heterocycles. The number of methoxy groups -OCH3 is 1. The summed E-state index contributed by atoms with van der Waals surface area (Å²) in [6.45, 7) is 0.699. The minimum atomic E-state index is -0.515. The molecule has 0 aliphatic carbocycles. The number of morpholine rings is 1. The summed E-state index contributed by atoms with van der Waals surface area (Å²) in [5.41, 5.74) is 1.82. The van der Waals surface area contributed by atoms with Gasteiger partial charge in [-0.25, -0.2) is 9.59 Å². The van der Waals surface area contributed by atoms with Crippen LogP contribution in [0.15, 0.2) is 24.3 Å². The first-order valence-corrected chi connectivity index (χ1v) is 5.25. The van der Waals surface area contributed by atoms with Crippen LogP contribution in [0.1, 0.15) is 5.56 Å². The molecule has 1 saturated heterocycles. The standard InChI is InChI=1S/C12H13NO4/c1-16-8-9-3-2-4-10(5-9)13-6-11(14)17-12(15)7-13/h2-5H,6-8H2,1H3. The van der Waals surface area contributed by atoms with Crippen LogP contribution in [0, 0.1) is 0 Å². The van der Waals surface area contributed by atoms with Gasteiger partial charge in [-0.15, -0.1) is 0 Å². The summed E-state index contributed by atoms with van der Waals surface area (Å²) in [6.07, 6.45) is 0. The second-order valence-corrected chi connectivity index (χ2v) is 3.81. The van der Waals surface area contributed by atoms with Crippen molar-refractivity contribution in [1.82, 2.24) is 0 Å². The number of anilines is 1. The largest absolute Gasteiger partial charge is 0.390 e. The van der Waals surface area contributed by atoms with Gasteiger partial charge in [0.15, 0.2) is 0 Å². The van der Waals surface area contributed by atoms with E-state index < -0.39 is 11.9 Å². The molecule has 2 rings (SSSR count). The molecule has 90 valence electrons. The van der Waals surface area contributed by atoms with Gasteiger partial charge in [0.2, 0.25) is 0 Å². The lowest BCUT2D eigenvalue weighted by atomic mass is 10.2. The second kappa shape index (κ2) is 4.97. The molecule has 0 unspecified atom stereocenters. The zero-order valence-electron chi connectivity index (χ0n) is 9.51. The van der Waals surface area contributed by atoms with E-state index in [0.29, 0.717) is 6.61 Å². The van der Waals surface area contributed by atoms with Crippen LogP contribution in [0.5, 0.6) is 0 Å². The fraction of sp³-hybridized carbons (Fsp3) is 0.333. The van der Waals surface area contributed by atoms with Crippen LogP contribution >= 0.6 is 0 Å². The monoisotopic (exact) mass is 235 g/mol. The van der Waals surface area contributed by atoms with E-state index in [1.54, 1.807) is 12.0 Å². The topological polar surface area (TPSA) is 55.8 Å². The Morgan fingerprint density at radius 2 is 2.00 bits per heavy atom. The highest BCUT2D eigenvalue weighted by molar-refractivity contribution is 5.94. The van der Waals surface area contributed by atoms with Gasteiger partial charge >= 0.3 is 11.9 Å². The van der Waals surface area contributed by atoms with Gasteiger partial charge in [0.25, 0.3) is 0 Å². The molecule has 0 radical (unpaired) electrons. The third kappa shape index (κ3) is 2.82. The number of ether oxygens (including phenoxy) is 2. The Hall–Kier alpha value is -1.88. The first-order chi connectivity index (χ1) is 8.19. The van der Waals surface area contributed by atoms with Crippen molar-refractivity contribution in [3.63, 3.8) is 0 Å². The number of esters is 2. The van der Waals surface area contributed by atoms with E-state index in [9.17, 15) is 9.59 Å². The third-order valence-corrected chi connectivity index (χ3v) is 2.45. The predicted octanol–water partition coefficient (Wildman–Crippen LogP) is 0.723. The fourth-order valence-electron chi connectivity index (χ4n) is 1.75. The molecular weight excluding hydrogens is 222 g/mol. The van der Waals surface area contributed by atoms with Crippen molar-refractivity contribution in [1.29, 1.82) is 0 Å². The quantitative estimate of drug-likeness (QED) is 0.571. The lowest BCUT2D eigenvalue weighted by Crippen LogP contribution is -2.42. The van der Waals surface area contributed by atoms with Crippen molar-refractivity contribution in [3.05, 3.63) is 29.8 Å². The number of nitrogens with zero attached hydrogens (tertiary/aromatic N) is 1. The Balaban J connectivity index is 2.18. The normalized spacial score (nSPS) is 15.9. The Kier molecular flexibility index (Phi) is 3.39. The van der Waals surface area contributed by atoms with E-state index >= 15 is 0 Å². The van der Waals surface area contributed by atoms with Crippen LogP contribution < -0.4 is 4.90 Å². The lowest BCUT2D eigenvalue weighted by Gasteiger charge is -2.26. The molecule has 17 heavy (non-hydrogen) atoms. The maximum atomic E-state index is 11.2. The molecule has 5 heteroatoms. The molecule has 1 aromatic carbocycles. The number of carbonyl (C=O) groups excluding carboxylic acids is 2. The number of cyclic esters (lactones) is 2. The number of hydrogen-bond acceptors (Lipinski definition) is 5. The van der Waals surface area contributed by atoms with Crippen LogP contribution in [-0.2, 0) is 25.7 Å². The molecule has 0 bridgehead atoms. The van der Waals surface area contributed by atoms with Crippen molar-refractivity contribution in [2.24, 2.45) is 0 Å². The minimum absolute atomic E-state index is 0.0994. The van der Waals surface area contributed by atoms with Crippen molar-refractivity contribution in [3.8, 4) is 0 Å². The average molecular weight is 235 g/mol.